The summed E-state index contributed by atoms with van der Waals surface area (Å²) >= 11 is 1.65. The molecule has 1 saturated heterocycles. The molecule has 92 valence electrons. The fourth-order valence-electron chi connectivity index (χ4n) is 1.97. The van der Waals surface area contributed by atoms with Crippen molar-refractivity contribution >= 4 is 23.2 Å². The Labute approximate surface area is 105 Å². The van der Waals surface area contributed by atoms with Crippen molar-refractivity contribution in [2.75, 3.05) is 6.54 Å². The zero-order valence-electron chi connectivity index (χ0n) is 9.97. The number of nitrogens with one attached hydrogen (secondary N) is 1. The Kier molecular flexibility index (Phi) is 3.47. The third-order valence-electron chi connectivity index (χ3n) is 3.08. The Morgan fingerprint density at radius 3 is 2.82 bits per heavy atom. The minimum Gasteiger partial charge on any atom is -0.343 e. The van der Waals surface area contributed by atoms with Crippen molar-refractivity contribution in [1.82, 2.24) is 10.2 Å². The highest BCUT2D eigenvalue weighted by molar-refractivity contribution is 7.07. The first kappa shape index (κ1) is 12.1. The average Bonchev–Trinajstić information content (AvgIpc) is 2.79. The first-order valence-corrected chi connectivity index (χ1v) is 6.66. The molecule has 2 atom stereocenters. The van der Waals surface area contributed by atoms with E-state index in [-0.39, 0.29) is 17.9 Å². The highest BCUT2D eigenvalue weighted by Crippen LogP contribution is 2.12. The molecular weight excluding hydrogens is 236 g/mol. The summed E-state index contributed by atoms with van der Waals surface area (Å²) in [5, 5.41) is 6.77. The summed E-state index contributed by atoms with van der Waals surface area (Å²) < 4.78 is 0. The molecule has 1 N–H and O–H groups in total. The van der Waals surface area contributed by atoms with Gasteiger partial charge in [0, 0.05) is 6.54 Å². The number of carbonyl (C=O) groups excluding carboxylic acids is 2. The van der Waals surface area contributed by atoms with Gasteiger partial charge in [0.25, 0.3) is 0 Å². The maximum absolute atomic E-state index is 12.0. The summed E-state index contributed by atoms with van der Waals surface area (Å²) in [6, 6.07) is 1.28. The second kappa shape index (κ2) is 4.87. The molecule has 0 aliphatic carbocycles. The van der Waals surface area contributed by atoms with E-state index in [4.69, 9.17) is 0 Å². The lowest BCUT2D eigenvalue weighted by Gasteiger charge is -2.36. The van der Waals surface area contributed by atoms with Crippen LogP contribution in [-0.2, 0) is 16.0 Å². The Morgan fingerprint density at radius 2 is 2.18 bits per heavy atom. The molecule has 0 bridgehead atoms. The van der Waals surface area contributed by atoms with Gasteiger partial charge in [-0.05, 0) is 42.7 Å². The van der Waals surface area contributed by atoms with Crippen molar-refractivity contribution < 1.29 is 9.59 Å². The van der Waals surface area contributed by atoms with Crippen molar-refractivity contribution in [3.8, 4) is 0 Å². The molecule has 4 nitrogen and oxygen atoms in total. The number of amides is 2. The molecule has 1 aromatic heterocycles. The van der Waals surface area contributed by atoms with Crippen LogP contribution in [0, 0.1) is 0 Å². The lowest BCUT2D eigenvalue weighted by molar-refractivity contribution is -0.148. The Hall–Kier alpha value is -1.36. The van der Waals surface area contributed by atoms with Gasteiger partial charge in [-0.3, -0.25) is 9.59 Å². The van der Waals surface area contributed by atoms with Gasteiger partial charge in [0.15, 0.2) is 0 Å². The molecule has 1 aliphatic rings. The highest BCUT2D eigenvalue weighted by Gasteiger charge is 2.35. The number of piperazine rings is 1. The second-order valence-electron chi connectivity index (χ2n) is 4.32. The summed E-state index contributed by atoms with van der Waals surface area (Å²) in [7, 11) is 0. The fourth-order valence-corrected chi connectivity index (χ4v) is 2.67. The first-order chi connectivity index (χ1) is 8.09. The van der Waals surface area contributed by atoms with E-state index >= 15 is 0 Å². The smallest absolute Gasteiger partial charge is 0.245 e. The molecule has 1 aliphatic heterocycles. The Balaban J connectivity index is 2.02. The van der Waals surface area contributed by atoms with Crippen LogP contribution in [0.15, 0.2) is 16.8 Å². The lowest BCUT2D eigenvalue weighted by Crippen LogP contribution is -2.61. The van der Waals surface area contributed by atoms with Crippen LogP contribution in [0.25, 0.3) is 0 Å². The summed E-state index contributed by atoms with van der Waals surface area (Å²) in [4.78, 5) is 25.2. The van der Waals surface area contributed by atoms with Crippen LogP contribution >= 0.6 is 11.3 Å². The number of hydrogen-bond acceptors (Lipinski definition) is 3. The van der Waals surface area contributed by atoms with Crippen LogP contribution in [0.1, 0.15) is 19.4 Å². The maximum atomic E-state index is 12.0. The SMILES string of the molecule is CC1NC(=O)C(C)N(CCc2ccsc2)C1=O. The van der Waals surface area contributed by atoms with Crippen molar-refractivity contribution in [3.63, 3.8) is 0 Å². The number of rotatable bonds is 3. The van der Waals surface area contributed by atoms with Crippen LogP contribution < -0.4 is 5.32 Å². The van der Waals surface area contributed by atoms with E-state index in [0.29, 0.717) is 6.54 Å². The van der Waals surface area contributed by atoms with E-state index < -0.39 is 6.04 Å². The number of thiophene rings is 1. The minimum atomic E-state index is -0.402. The molecule has 0 aromatic carbocycles. The molecule has 0 spiro atoms. The molecule has 17 heavy (non-hydrogen) atoms. The topological polar surface area (TPSA) is 49.4 Å². The standard InChI is InChI=1S/C12H16N2O2S/c1-8-12(16)14(9(2)11(15)13-8)5-3-10-4-6-17-7-10/h4,6-9H,3,5H2,1-2H3,(H,13,15). The van der Waals surface area contributed by atoms with Crippen molar-refractivity contribution in [2.24, 2.45) is 0 Å². The third kappa shape index (κ3) is 2.49. The molecule has 2 amide bonds. The summed E-state index contributed by atoms with van der Waals surface area (Å²) in [6.45, 7) is 4.10. The van der Waals surface area contributed by atoms with Gasteiger partial charge < -0.3 is 10.2 Å². The second-order valence-corrected chi connectivity index (χ2v) is 5.10. The van der Waals surface area contributed by atoms with Crippen LogP contribution in [-0.4, -0.2) is 35.3 Å². The summed E-state index contributed by atoms with van der Waals surface area (Å²) in [6.07, 6.45) is 0.805. The minimum absolute atomic E-state index is 0.00679. The Morgan fingerprint density at radius 1 is 1.41 bits per heavy atom. The zero-order chi connectivity index (χ0) is 12.4. The third-order valence-corrected chi connectivity index (χ3v) is 3.81. The van der Waals surface area contributed by atoms with E-state index in [0.717, 1.165) is 6.42 Å². The number of carbonyl (C=O) groups is 2. The molecule has 2 rings (SSSR count). The van der Waals surface area contributed by atoms with Gasteiger partial charge in [0.2, 0.25) is 11.8 Å². The highest BCUT2D eigenvalue weighted by atomic mass is 32.1. The first-order valence-electron chi connectivity index (χ1n) is 5.71. The van der Waals surface area contributed by atoms with Gasteiger partial charge in [0.05, 0.1) is 0 Å². The molecule has 5 heteroatoms. The normalized spacial score (nSPS) is 24.9. The number of nitrogens with zero attached hydrogens (tertiary/aromatic N) is 1. The van der Waals surface area contributed by atoms with Crippen molar-refractivity contribution in [1.29, 1.82) is 0 Å². The Bertz CT molecular complexity index is 416. The van der Waals surface area contributed by atoms with Crippen LogP contribution in [0.3, 0.4) is 0 Å². The maximum Gasteiger partial charge on any atom is 0.245 e. The van der Waals surface area contributed by atoms with E-state index in [1.54, 1.807) is 30.1 Å². The molecule has 2 unspecified atom stereocenters. The molecule has 0 radical (unpaired) electrons. The van der Waals surface area contributed by atoms with Gasteiger partial charge in [-0.15, -0.1) is 0 Å². The molecular formula is C12H16N2O2S. The van der Waals surface area contributed by atoms with Gasteiger partial charge in [-0.25, -0.2) is 0 Å². The number of hydrogen-bond donors (Lipinski definition) is 1. The largest absolute Gasteiger partial charge is 0.343 e. The fraction of sp³-hybridized carbons (Fsp3) is 0.500. The van der Waals surface area contributed by atoms with Crippen LogP contribution in [0.2, 0.25) is 0 Å². The lowest BCUT2D eigenvalue weighted by atomic mass is 10.1. The van der Waals surface area contributed by atoms with Gasteiger partial charge in [0.1, 0.15) is 12.1 Å². The summed E-state index contributed by atoms with van der Waals surface area (Å²) in [5.41, 5.74) is 1.22. The van der Waals surface area contributed by atoms with E-state index in [2.05, 4.69) is 10.7 Å². The quantitative estimate of drug-likeness (QED) is 0.873. The van der Waals surface area contributed by atoms with Crippen LogP contribution in [0.4, 0.5) is 0 Å². The predicted octanol–water partition coefficient (Wildman–Crippen LogP) is 1.03. The summed E-state index contributed by atoms with van der Waals surface area (Å²) in [5.74, 6) is -0.0604. The predicted molar refractivity (Wildman–Crippen MR) is 66.8 cm³/mol. The zero-order valence-corrected chi connectivity index (χ0v) is 10.8. The van der Waals surface area contributed by atoms with Crippen molar-refractivity contribution in [2.45, 2.75) is 32.4 Å². The average molecular weight is 252 g/mol. The van der Waals surface area contributed by atoms with E-state index in [1.165, 1.54) is 5.56 Å². The molecule has 1 aromatic rings. The van der Waals surface area contributed by atoms with E-state index in [1.807, 2.05) is 11.4 Å². The van der Waals surface area contributed by atoms with Gasteiger partial charge >= 0.3 is 0 Å². The monoisotopic (exact) mass is 252 g/mol. The van der Waals surface area contributed by atoms with Gasteiger partial charge in [-0.1, -0.05) is 0 Å². The van der Waals surface area contributed by atoms with Crippen molar-refractivity contribution in [3.05, 3.63) is 22.4 Å². The van der Waals surface area contributed by atoms with Gasteiger partial charge in [-0.2, -0.15) is 11.3 Å². The molecule has 2 heterocycles. The molecule has 1 fully saturated rings. The molecule has 0 saturated carbocycles. The van der Waals surface area contributed by atoms with Crippen LogP contribution in [0.5, 0.6) is 0 Å². The van der Waals surface area contributed by atoms with E-state index in [9.17, 15) is 9.59 Å².